The van der Waals surface area contributed by atoms with Crippen LogP contribution in [0.15, 0.2) is 83.3 Å². The second-order valence-electron chi connectivity index (χ2n) is 12.7. The maximum Gasteiger partial charge on any atom is 0.416 e. The molecule has 9 heteroatoms. The highest BCUT2D eigenvalue weighted by Gasteiger charge is 2.48. The third kappa shape index (κ3) is 5.41. The number of anilines is 1. The molecule has 0 radical (unpaired) electrons. The summed E-state index contributed by atoms with van der Waals surface area (Å²) in [7, 11) is 0. The molecule has 228 valence electrons. The normalized spacial score (nSPS) is 18.5. The lowest BCUT2D eigenvalue weighted by Crippen LogP contribution is -2.31. The molecule has 4 rings (SSSR count). The van der Waals surface area contributed by atoms with E-state index in [4.69, 9.17) is 0 Å². The predicted molar refractivity (Wildman–Crippen MR) is 162 cm³/mol. The van der Waals surface area contributed by atoms with Gasteiger partial charge in [0, 0.05) is 40.4 Å². The highest BCUT2D eigenvalue weighted by atomic mass is 19.4. The lowest BCUT2D eigenvalue weighted by atomic mass is 9.73. The van der Waals surface area contributed by atoms with Gasteiger partial charge in [0.25, 0.3) is 5.69 Å². The second kappa shape index (κ2) is 10.8. The lowest BCUT2D eigenvalue weighted by molar-refractivity contribution is -0.386. The molecule has 0 bridgehead atoms. The molecule has 0 atom stereocenters. The highest BCUT2D eigenvalue weighted by molar-refractivity contribution is 6.21. The Kier molecular flexibility index (Phi) is 8.02. The molecule has 0 unspecified atom stereocenters. The van der Waals surface area contributed by atoms with Crippen LogP contribution in [0.2, 0.25) is 0 Å². The number of carbonyl (C=O) groups is 1. The van der Waals surface area contributed by atoms with Gasteiger partial charge in [0.05, 0.1) is 21.6 Å². The Bertz CT molecular complexity index is 1620. The van der Waals surface area contributed by atoms with E-state index in [0.717, 1.165) is 6.07 Å². The Morgan fingerprint density at radius 2 is 1.79 bits per heavy atom. The van der Waals surface area contributed by atoms with Crippen molar-refractivity contribution in [2.45, 2.75) is 71.9 Å². The molecule has 43 heavy (non-hydrogen) atoms. The third-order valence-electron chi connectivity index (χ3n) is 8.60. The first kappa shape index (κ1) is 31.8. The summed E-state index contributed by atoms with van der Waals surface area (Å²) in [6, 6.07) is 8.90. The van der Waals surface area contributed by atoms with Crippen molar-refractivity contribution in [3.63, 3.8) is 0 Å². The number of allylic oxidation sites excluding steroid dienone is 6. The Labute approximate surface area is 250 Å². The number of aliphatic hydroxyl groups is 1. The summed E-state index contributed by atoms with van der Waals surface area (Å²) in [6.07, 6.45) is -0.934. The van der Waals surface area contributed by atoms with Crippen LogP contribution in [0.1, 0.15) is 70.2 Å². The van der Waals surface area contributed by atoms with E-state index in [1.807, 2.05) is 18.7 Å². The molecule has 6 nitrogen and oxygen atoms in total. The van der Waals surface area contributed by atoms with Crippen molar-refractivity contribution in [1.82, 2.24) is 0 Å². The monoisotopic (exact) mass is 594 g/mol. The summed E-state index contributed by atoms with van der Waals surface area (Å²) in [4.78, 5) is 26.5. The average Bonchev–Trinajstić information content (AvgIpc) is 3.13. The van der Waals surface area contributed by atoms with Crippen LogP contribution in [-0.2, 0) is 21.8 Å². The minimum Gasteiger partial charge on any atom is -0.506 e. The number of benzene rings is 2. The summed E-state index contributed by atoms with van der Waals surface area (Å²) >= 11 is 0. The molecule has 2 aliphatic rings. The number of nitro groups is 1. The maximum absolute atomic E-state index is 14.1. The molecule has 2 aromatic rings. The zero-order valence-electron chi connectivity index (χ0n) is 25.5. The lowest BCUT2D eigenvalue weighted by Gasteiger charge is -2.31. The number of ketones is 1. The van der Waals surface area contributed by atoms with E-state index >= 15 is 0 Å². The minimum absolute atomic E-state index is 0.000750. The van der Waals surface area contributed by atoms with Gasteiger partial charge in [-0.05, 0) is 60.2 Å². The highest BCUT2D eigenvalue weighted by Crippen LogP contribution is 2.53. The van der Waals surface area contributed by atoms with Crippen LogP contribution in [-0.4, -0.2) is 22.4 Å². The largest absolute Gasteiger partial charge is 0.506 e. The first-order chi connectivity index (χ1) is 19.8. The number of Topliss-reactive ketones (excluding diaryl/α,β-unsaturated/α-hetero) is 1. The molecule has 0 amide bonds. The van der Waals surface area contributed by atoms with Crippen molar-refractivity contribution < 1.29 is 28.0 Å². The Morgan fingerprint density at radius 1 is 1.16 bits per heavy atom. The molecule has 1 aliphatic heterocycles. The van der Waals surface area contributed by atoms with Gasteiger partial charge in [-0.25, -0.2) is 0 Å². The molecule has 1 heterocycles. The zero-order valence-corrected chi connectivity index (χ0v) is 25.5. The van der Waals surface area contributed by atoms with Crippen molar-refractivity contribution >= 4 is 17.2 Å². The van der Waals surface area contributed by atoms with Gasteiger partial charge < -0.3 is 10.0 Å². The molecule has 0 spiro atoms. The number of nitrogens with zero attached hydrogens (tertiary/aromatic N) is 2. The number of hydrogen-bond donors (Lipinski definition) is 1. The van der Waals surface area contributed by atoms with E-state index in [2.05, 4.69) is 6.58 Å². The quantitative estimate of drug-likeness (QED) is 0.188. The van der Waals surface area contributed by atoms with Gasteiger partial charge in [0.1, 0.15) is 5.76 Å². The second-order valence-corrected chi connectivity index (χ2v) is 12.7. The summed E-state index contributed by atoms with van der Waals surface area (Å²) in [6.45, 7) is 17.2. The molecule has 0 fully saturated rings. The summed E-state index contributed by atoms with van der Waals surface area (Å²) in [5.41, 5.74) is -0.286. The van der Waals surface area contributed by atoms with Crippen molar-refractivity contribution in [2.75, 3.05) is 11.4 Å². The topological polar surface area (TPSA) is 83.7 Å². The van der Waals surface area contributed by atoms with Gasteiger partial charge in [-0.3, -0.25) is 14.9 Å². The number of nitro benzene ring substituents is 1. The van der Waals surface area contributed by atoms with Crippen molar-refractivity contribution in [3.05, 3.63) is 116 Å². The van der Waals surface area contributed by atoms with E-state index < -0.39 is 33.3 Å². The van der Waals surface area contributed by atoms with Crippen LogP contribution in [0.5, 0.6) is 0 Å². The number of carbonyl (C=O) groups excluding carboxylic acids is 1. The molecule has 0 aromatic heterocycles. The molecule has 1 N–H and O–H groups in total. The molecular formula is C34H37F3N2O4. The third-order valence-corrected chi connectivity index (χ3v) is 8.60. The predicted octanol–water partition coefficient (Wildman–Crippen LogP) is 8.80. The SMILES string of the molecule is C=C(/C=C1/C(=O)C(/C=C2\N(CCC(C)C)c3cccc(C(F)(F)F)c3C2(C)C)=C1O)C(C)(C)c1c(C)cccc1[N+](=O)[O-]. The van der Waals surface area contributed by atoms with Gasteiger partial charge in [0.2, 0.25) is 5.78 Å². The molecule has 0 saturated carbocycles. The van der Waals surface area contributed by atoms with Crippen molar-refractivity contribution in [2.24, 2.45) is 5.92 Å². The van der Waals surface area contributed by atoms with Crippen molar-refractivity contribution in [3.8, 4) is 0 Å². The summed E-state index contributed by atoms with van der Waals surface area (Å²) in [5.74, 6) is -0.488. The molecule has 1 aliphatic carbocycles. The van der Waals surface area contributed by atoms with Crippen LogP contribution in [0.4, 0.5) is 24.5 Å². The summed E-state index contributed by atoms with van der Waals surface area (Å²) in [5, 5.41) is 22.8. The Balaban J connectivity index is 1.79. The van der Waals surface area contributed by atoms with Crippen LogP contribution in [0.25, 0.3) is 0 Å². The smallest absolute Gasteiger partial charge is 0.416 e. The summed E-state index contributed by atoms with van der Waals surface area (Å²) < 4.78 is 42.3. The number of aryl methyl sites for hydroxylation is 1. The fourth-order valence-corrected chi connectivity index (χ4v) is 6.12. The number of halogens is 3. The first-order valence-corrected chi connectivity index (χ1v) is 14.2. The van der Waals surface area contributed by atoms with Crippen LogP contribution in [0, 0.1) is 23.0 Å². The van der Waals surface area contributed by atoms with E-state index in [9.17, 15) is 33.2 Å². The van der Waals surface area contributed by atoms with Gasteiger partial charge in [-0.15, -0.1) is 0 Å². The molecule has 2 aromatic carbocycles. The van der Waals surface area contributed by atoms with E-state index in [1.54, 1.807) is 52.8 Å². The minimum atomic E-state index is -4.56. The molecule has 0 saturated heterocycles. The number of alkyl halides is 3. The fourth-order valence-electron chi connectivity index (χ4n) is 6.12. The number of rotatable bonds is 8. The van der Waals surface area contributed by atoms with Crippen LogP contribution < -0.4 is 4.90 Å². The van der Waals surface area contributed by atoms with E-state index in [-0.39, 0.29) is 34.1 Å². The van der Waals surface area contributed by atoms with E-state index in [0.29, 0.717) is 41.1 Å². The fraction of sp³-hybridized carbons (Fsp3) is 0.382. The number of hydrogen-bond acceptors (Lipinski definition) is 5. The standard InChI is InChI=1S/C34H37F3N2O4/c1-19(2)15-16-38-25-13-10-12-24(34(35,36)37)29(25)33(7,8)27(38)18-23-30(40)22(31(23)41)17-21(4)32(5,6)28-20(3)11-9-14-26(28)39(42)43/h9-14,17-19,40H,4,15-16H2,1-3,5-8H3/b22-17+,27-18-. The van der Waals surface area contributed by atoms with Gasteiger partial charge in [-0.2, -0.15) is 13.2 Å². The van der Waals surface area contributed by atoms with E-state index in [1.165, 1.54) is 24.3 Å². The number of aliphatic hydroxyl groups excluding tert-OH is 1. The Morgan fingerprint density at radius 3 is 2.35 bits per heavy atom. The van der Waals surface area contributed by atoms with Crippen LogP contribution >= 0.6 is 0 Å². The maximum atomic E-state index is 14.1. The van der Waals surface area contributed by atoms with Gasteiger partial charge in [0.15, 0.2) is 0 Å². The first-order valence-electron chi connectivity index (χ1n) is 14.2. The number of fused-ring (bicyclic) bond motifs is 1. The molecular weight excluding hydrogens is 557 g/mol. The average molecular weight is 595 g/mol. The van der Waals surface area contributed by atoms with Gasteiger partial charge in [-0.1, -0.05) is 66.3 Å². The van der Waals surface area contributed by atoms with Crippen LogP contribution in [0.3, 0.4) is 0 Å². The van der Waals surface area contributed by atoms with Crippen molar-refractivity contribution in [1.29, 1.82) is 0 Å². The van der Waals surface area contributed by atoms with Gasteiger partial charge >= 0.3 is 6.18 Å². The zero-order chi connectivity index (χ0) is 32.2. The Hall–Kier alpha value is -4.14.